The van der Waals surface area contributed by atoms with Gasteiger partial charge in [0.1, 0.15) is 30.9 Å². The van der Waals surface area contributed by atoms with Crippen LogP contribution in [0.4, 0.5) is 0 Å². The first-order valence-electron chi connectivity index (χ1n) is 23.3. The van der Waals surface area contributed by atoms with Gasteiger partial charge < -0.3 is 35.6 Å². The number of rotatable bonds is 21. The number of carbonyl (C=O) groups excluding carboxylic acids is 2. The molecule has 7 N–H and O–H groups in total. The molecule has 20 nitrogen and oxygen atoms in total. The van der Waals surface area contributed by atoms with Crippen LogP contribution in [0, 0.1) is 19.8 Å². The zero-order valence-electron chi connectivity index (χ0n) is 40.0. The van der Waals surface area contributed by atoms with Crippen molar-refractivity contribution in [3.8, 4) is 5.75 Å². The Morgan fingerprint density at radius 2 is 1.28 bits per heavy atom. The van der Waals surface area contributed by atoms with Crippen LogP contribution in [0.1, 0.15) is 88.8 Å². The molecule has 21 heteroatoms. The molecule has 1 saturated heterocycles. The fourth-order valence-electron chi connectivity index (χ4n) is 9.30. The van der Waals surface area contributed by atoms with Gasteiger partial charge in [-0.25, -0.2) is 4.57 Å². The van der Waals surface area contributed by atoms with Gasteiger partial charge in [0.15, 0.2) is 0 Å². The van der Waals surface area contributed by atoms with Crippen molar-refractivity contribution < 1.29 is 67.7 Å². The molecule has 378 valence electrons. The molecule has 1 saturated carbocycles. The molecular formula is C47H71N6O14P. The van der Waals surface area contributed by atoms with Crippen LogP contribution < -0.4 is 15.2 Å². The number of allylic oxidation sites excluding steroid dienone is 6. The lowest BCUT2D eigenvalue weighted by Gasteiger charge is -2.39. The maximum absolute atomic E-state index is 13.3. The highest BCUT2D eigenvalue weighted by atomic mass is 31.2. The van der Waals surface area contributed by atoms with E-state index in [1.165, 1.54) is 11.1 Å². The quantitative estimate of drug-likeness (QED) is 0.0682. The van der Waals surface area contributed by atoms with Crippen molar-refractivity contribution in [1.29, 1.82) is 0 Å². The molecule has 68 heavy (non-hydrogen) atoms. The third-order valence-corrected chi connectivity index (χ3v) is 13.7. The normalized spacial score (nSPS) is 19.7. The lowest BCUT2D eigenvalue weighted by atomic mass is 9.83. The topological polar surface area (TPSA) is 276 Å². The van der Waals surface area contributed by atoms with Gasteiger partial charge in [0.2, 0.25) is 11.8 Å². The molecule has 0 aromatic heterocycles. The number of nitrogens with one attached hydrogen (secondary N) is 2. The Morgan fingerprint density at radius 1 is 0.735 bits per heavy atom. The van der Waals surface area contributed by atoms with Gasteiger partial charge >= 0.3 is 31.7 Å². The van der Waals surface area contributed by atoms with Gasteiger partial charge in [-0.3, -0.25) is 57.8 Å². The number of carbonyl (C=O) groups is 6. The summed E-state index contributed by atoms with van der Waals surface area (Å²) in [7, 11) is -4.69. The first-order chi connectivity index (χ1) is 32.1. The highest BCUT2D eigenvalue weighted by molar-refractivity contribution is 7.47. The van der Waals surface area contributed by atoms with Crippen molar-refractivity contribution in [2.75, 3.05) is 85.1 Å². The number of amides is 2. The Kier molecular flexibility index (Phi) is 21.9. The van der Waals surface area contributed by atoms with Crippen LogP contribution in [0.5, 0.6) is 5.75 Å². The van der Waals surface area contributed by atoms with Crippen LogP contribution in [0.25, 0.3) is 5.57 Å². The Bertz CT molecular complexity index is 2070. The molecule has 3 aliphatic rings. The van der Waals surface area contributed by atoms with E-state index in [0.717, 1.165) is 60.8 Å². The molecule has 1 heterocycles. The Labute approximate surface area is 398 Å². The largest absolute Gasteiger partial charge is 0.527 e. The van der Waals surface area contributed by atoms with Crippen LogP contribution in [-0.4, -0.2) is 178 Å². The van der Waals surface area contributed by atoms with Gasteiger partial charge in [-0.15, -0.1) is 0 Å². The molecule has 0 bridgehead atoms. The number of carboxylic acid groups (broad SMARTS) is 4. The number of nitrogens with zero attached hydrogens (tertiary/aromatic N) is 4. The number of hydrogen-bond acceptors (Lipinski definition) is 13. The van der Waals surface area contributed by atoms with E-state index < -0.39 is 68.7 Å². The number of phosphoric ester groups is 1. The summed E-state index contributed by atoms with van der Waals surface area (Å²) >= 11 is 0. The molecule has 4 rings (SSSR count). The van der Waals surface area contributed by atoms with Gasteiger partial charge in [0, 0.05) is 52.4 Å². The Morgan fingerprint density at radius 3 is 1.79 bits per heavy atom. The molecule has 2 amide bonds. The van der Waals surface area contributed by atoms with Gasteiger partial charge in [-0.1, -0.05) is 42.6 Å². The molecule has 1 aromatic rings. The summed E-state index contributed by atoms with van der Waals surface area (Å²) < 4.78 is 24.2. The monoisotopic (exact) mass is 974 g/mol. The smallest absolute Gasteiger partial charge is 0.480 e. The molecule has 0 radical (unpaired) electrons. The van der Waals surface area contributed by atoms with Crippen LogP contribution in [-0.2, 0) is 37.9 Å². The number of aryl methyl sites for hydroxylation is 2. The third kappa shape index (κ3) is 17.9. The van der Waals surface area contributed by atoms with Gasteiger partial charge in [-0.2, -0.15) is 0 Å². The predicted octanol–water partition coefficient (Wildman–Crippen LogP) is 3.76. The second-order valence-corrected chi connectivity index (χ2v) is 19.5. The molecule has 1 aliphatic heterocycles. The third-order valence-electron chi connectivity index (χ3n) is 12.8. The second kappa shape index (κ2) is 26.7. The lowest BCUT2D eigenvalue weighted by Crippen LogP contribution is -2.55. The predicted molar refractivity (Wildman–Crippen MR) is 253 cm³/mol. The maximum atomic E-state index is 13.3. The summed E-state index contributed by atoms with van der Waals surface area (Å²) in [5.41, 5.74) is 7.01. The number of benzene rings is 1. The minimum Gasteiger partial charge on any atom is -0.480 e. The van der Waals surface area contributed by atoms with E-state index in [0.29, 0.717) is 5.56 Å². The van der Waals surface area contributed by atoms with E-state index in [2.05, 4.69) is 43.6 Å². The van der Waals surface area contributed by atoms with Crippen molar-refractivity contribution >= 4 is 49.1 Å². The van der Waals surface area contributed by atoms with E-state index in [4.69, 9.17) is 19.3 Å². The molecule has 2 aliphatic carbocycles. The van der Waals surface area contributed by atoms with E-state index in [1.807, 2.05) is 17.9 Å². The van der Waals surface area contributed by atoms with E-state index in [1.54, 1.807) is 27.7 Å². The van der Waals surface area contributed by atoms with Gasteiger partial charge in [0.05, 0.1) is 19.7 Å². The first-order valence-corrected chi connectivity index (χ1v) is 24.8. The fourth-order valence-corrected chi connectivity index (χ4v) is 10.2. The van der Waals surface area contributed by atoms with Gasteiger partial charge in [0.25, 0.3) is 0 Å². The number of phosphoric acid groups is 1. The minimum atomic E-state index is -4.69. The summed E-state index contributed by atoms with van der Waals surface area (Å²) in [6.07, 6.45) is 9.27. The van der Waals surface area contributed by atoms with Crippen molar-refractivity contribution in [1.82, 2.24) is 30.2 Å². The molecule has 2 unspecified atom stereocenters. The number of carboxylic acids is 4. The SMILES string of the molecule is CC1=CCC(C)=C(c2cc(C)c(OP(=O)(O)OCCC[C@H](C(=O)O)N3CCN(CC(=O)NCC(=O)O)CCN(C(C(=O)O)C4CCCCC4)CCN(CC(=O)NCC(=O)O)CC3)cc2C)C(C)=C1. The molecule has 1 aromatic carbocycles. The van der Waals surface area contributed by atoms with E-state index >= 15 is 0 Å². The fraction of sp³-hybridized carbons (Fsp3) is 0.617. The minimum absolute atomic E-state index is 0.0140. The Hall–Kier alpha value is -4.95. The van der Waals surface area contributed by atoms with Crippen LogP contribution in [0.3, 0.4) is 0 Å². The van der Waals surface area contributed by atoms with Gasteiger partial charge in [-0.05, 0) is 113 Å². The molecule has 3 atom stereocenters. The maximum Gasteiger partial charge on any atom is 0.527 e. The van der Waals surface area contributed by atoms with Crippen LogP contribution >= 0.6 is 7.82 Å². The zero-order chi connectivity index (χ0) is 50.1. The van der Waals surface area contributed by atoms with Crippen LogP contribution in [0.2, 0.25) is 0 Å². The standard InChI is InChI=1S/C47H71N6O14P/c1-31-13-14-32(2)44(35(5)24-31)37-25-34(4)39(26-33(37)3)67-68(64,65)66-23-9-12-38(46(60)61)52-19-15-50(29-40(54)48-27-42(56)57)17-21-53(45(47(62)63)36-10-7-6-8-11-36)22-18-51(16-20-52)30-41(55)49-28-43(58)59/h13,24-26,36,38,45H,6-12,14-23,27-30H2,1-5H3,(H,48,54)(H,49,55)(H,56,57)(H,58,59)(H,60,61)(H,62,63)(H,64,65)/t38-,45?/m1/s1. The van der Waals surface area contributed by atoms with Crippen molar-refractivity contribution in [3.05, 3.63) is 57.7 Å². The summed E-state index contributed by atoms with van der Waals surface area (Å²) in [4.78, 5) is 92.1. The highest BCUT2D eigenvalue weighted by Crippen LogP contribution is 2.46. The summed E-state index contributed by atoms with van der Waals surface area (Å²) in [6, 6.07) is 1.57. The highest BCUT2D eigenvalue weighted by Gasteiger charge is 2.36. The second-order valence-electron chi connectivity index (χ2n) is 18.1. The van der Waals surface area contributed by atoms with Crippen molar-refractivity contribution in [2.24, 2.45) is 5.92 Å². The summed E-state index contributed by atoms with van der Waals surface area (Å²) in [6.45, 7) is 8.81. The molecule has 2 fully saturated rings. The van der Waals surface area contributed by atoms with E-state index in [-0.39, 0.29) is 96.6 Å². The van der Waals surface area contributed by atoms with Crippen molar-refractivity contribution in [3.63, 3.8) is 0 Å². The molecular weight excluding hydrogens is 904 g/mol. The number of hydrogen-bond donors (Lipinski definition) is 7. The summed E-state index contributed by atoms with van der Waals surface area (Å²) in [5, 5.41) is 44.2. The number of aliphatic carboxylic acids is 4. The Balaban J connectivity index is 1.53. The zero-order valence-corrected chi connectivity index (χ0v) is 40.9. The average molecular weight is 975 g/mol. The lowest BCUT2D eigenvalue weighted by molar-refractivity contribution is -0.146. The first kappa shape index (κ1) is 55.6. The van der Waals surface area contributed by atoms with Crippen LogP contribution in [0.15, 0.2) is 41.0 Å². The summed E-state index contributed by atoms with van der Waals surface area (Å²) in [5.74, 6) is -5.83. The van der Waals surface area contributed by atoms with Crippen molar-refractivity contribution in [2.45, 2.75) is 98.1 Å². The molecule has 0 spiro atoms. The average Bonchev–Trinajstić information content (AvgIpc) is 3.38. The van der Waals surface area contributed by atoms with E-state index in [9.17, 15) is 48.4 Å².